The molecule has 5 nitrogen and oxygen atoms in total. The fourth-order valence-electron chi connectivity index (χ4n) is 3.70. The molecule has 0 amide bonds. The van der Waals surface area contributed by atoms with Gasteiger partial charge in [0.2, 0.25) is 10.0 Å². The second kappa shape index (κ2) is 9.43. The molecule has 28 heavy (non-hydrogen) atoms. The van der Waals surface area contributed by atoms with Gasteiger partial charge in [-0.05, 0) is 49.1 Å². The molecule has 2 unspecified atom stereocenters. The van der Waals surface area contributed by atoms with Crippen molar-refractivity contribution in [1.29, 1.82) is 0 Å². The largest absolute Gasteiger partial charge is 0.493 e. The van der Waals surface area contributed by atoms with Gasteiger partial charge in [0.25, 0.3) is 0 Å². The van der Waals surface area contributed by atoms with Crippen LogP contribution in [0.4, 0.5) is 5.69 Å². The fourth-order valence-corrected chi connectivity index (χ4v) is 5.27. The smallest absolute Gasteiger partial charge is 0.235 e. The summed E-state index contributed by atoms with van der Waals surface area (Å²) in [6, 6.07) is 16.8. The van der Waals surface area contributed by atoms with Crippen molar-refractivity contribution in [3.63, 3.8) is 0 Å². The van der Waals surface area contributed by atoms with Crippen molar-refractivity contribution in [2.45, 2.75) is 56.3 Å². The molecule has 6 heteroatoms. The zero-order valence-electron chi connectivity index (χ0n) is 16.3. The molecule has 0 spiro atoms. The number of hydrogen-bond donors (Lipinski definition) is 2. The summed E-state index contributed by atoms with van der Waals surface area (Å²) in [6.07, 6.45) is 3.38. The average Bonchev–Trinajstić information content (AvgIpc) is 3.25. The van der Waals surface area contributed by atoms with Crippen molar-refractivity contribution in [3.8, 4) is 5.75 Å². The number of para-hydroxylation sites is 1. The Balaban J connectivity index is 1.76. The fraction of sp³-hybridized carbons (Fsp3) is 0.455. The third-order valence-electron chi connectivity index (χ3n) is 5.37. The first kappa shape index (κ1) is 20.7. The number of hydrogen-bond acceptors (Lipinski definition) is 4. The van der Waals surface area contributed by atoms with E-state index in [1.807, 2.05) is 55.5 Å². The quantitative estimate of drug-likeness (QED) is 0.654. The Morgan fingerprint density at radius 3 is 2.50 bits per heavy atom. The maximum Gasteiger partial charge on any atom is 0.235 e. The Morgan fingerprint density at radius 1 is 1.11 bits per heavy atom. The lowest BCUT2D eigenvalue weighted by Crippen LogP contribution is -2.26. The Bertz CT molecular complexity index is 848. The highest BCUT2D eigenvalue weighted by molar-refractivity contribution is 7.93. The molecule has 2 N–H and O–H groups in total. The number of sulfonamides is 1. The summed E-state index contributed by atoms with van der Waals surface area (Å²) in [6.45, 7) is 2.24. The second-order valence-corrected chi connectivity index (χ2v) is 9.35. The summed E-state index contributed by atoms with van der Waals surface area (Å²) in [4.78, 5) is 0. The molecule has 2 atom stereocenters. The summed E-state index contributed by atoms with van der Waals surface area (Å²) in [7, 11) is -3.38. The van der Waals surface area contributed by atoms with Gasteiger partial charge in [-0.1, -0.05) is 50.1 Å². The van der Waals surface area contributed by atoms with E-state index >= 15 is 0 Å². The molecule has 1 aliphatic rings. The van der Waals surface area contributed by atoms with E-state index in [4.69, 9.17) is 4.74 Å². The molecule has 3 rings (SSSR count). The van der Waals surface area contributed by atoms with Gasteiger partial charge in [-0.25, -0.2) is 8.42 Å². The van der Waals surface area contributed by atoms with Crippen molar-refractivity contribution in [3.05, 3.63) is 60.2 Å². The van der Waals surface area contributed by atoms with Gasteiger partial charge in [-0.15, -0.1) is 0 Å². The third-order valence-corrected chi connectivity index (χ3v) is 7.24. The van der Waals surface area contributed by atoms with Crippen LogP contribution in [0.15, 0.2) is 54.6 Å². The van der Waals surface area contributed by atoms with Gasteiger partial charge >= 0.3 is 0 Å². The van der Waals surface area contributed by atoms with Crippen LogP contribution in [0.3, 0.4) is 0 Å². The van der Waals surface area contributed by atoms with Gasteiger partial charge < -0.3 is 9.84 Å². The van der Waals surface area contributed by atoms with E-state index in [1.165, 1.54) is 0 Å². The predicted molar refractivity (Wildman–Crippen MR) is 112 cm³/mol. The van der Waals surface area contributed by atoms with Crippen LogP contribution in [0.5, 0.6) is 5.75 Å². The topological polar surface area (TPSA) is 75.6 Å². The van der Waals surface area contributed by atoms with Crippen LogP contribution in [-0.2, 0) is 10.0 Å². The maximum absolute atomic E-state index is 12.6. The minimum absolute atomic E-state index is 0.249. The van der Waals surface area contributed by atoms with Crippen LogP contribution in [0.2, 0.25) is 0 Å². The Labute approximate surface area is 167 Å². The van der Waals surface area contributed by atoms with Crippen molar-refractivity contribution in [2.75, 3.05) is 11.3 Å². The Hall–Kier alpha value is -2.05. The predicted octanol–water partition coefficient (Wildman–Crippen LogP) is 4.30. The summed E-state index contributed by atoms with van der Waals surface area (Å²) in [5.74, 6) is 0.495. The minimum atomic E-state index is -3.38. The van der Waals surface area contributed by atoms with Gasteiger partial charge in [0.15, 0.2) is 0 Å². The van der Waals surface area contributed by atoms with Crippen molar-refractivity contribution in [1.82, 2.24) is 0 Å². The normalized spacial score (nSPS) is 17.2. The number of ether oxygens (including phenoxy) is 1. The number of rotatable bonds is 9. The average molecular weight is 404 g/mol. The molecule has 2 aromatic rings. The summed E-state index contributed by atoms with van der Waals surface area (Å²) < 4.78 is 33.8. The van der Waals surface area contributed by atoms with Crippen LogP contribution in [0.25, 0.3) is 0 Å². The maximum atomic E-state index is 12.6. The molecule has 1 aliphatic carbocycles. The van der Waals surface area contributed by atoms with Gasteiger partial charge in [0.05, 0.1) is 18.0 Å². The number of aliphatic hydroxyl groups is 1. The molecule has 1 fully saturated rings. The lowest BCUT2D eigenvalue weighted by Gasteiger charge is -2.23. The lowest BCUT2D eigenvalue weighted by molar-refractivity contribution is 0.110. The van der Waals surface area contributed by atoms with E-state index in [0.29, 0.717) is 18.7 Å². The van der Waals surface area contributed by atoms with E-state index in [9.17, 15) is 13.5 Å². The highest BCUT2D eigenvalue weighted by Crippen LogP contribution is 2.29. The molecular formula is C22H29NO4S. The zero-order chi connectivity index (χ0) is 20.0. The summed E-state index contributed by atoms with van der Waals surface area (Å²) >= 11 is 0. The number of nitrogens with one attached hydrogen (secondary N) is 1. The number of aliphatic hydroxyl groups excluding tert-OH is 1. The monoisotopic (exact) mass is 403 g/mol. The SMILES string of the molecule is CCC(O)C(COc1ccccc1)c1cccc(NS(=O)(=O)C2CCCC2)c1. The second-order valence-electron chi connectivity index (χ2n) is 7.39. The van der Waals surface area contributed by atoms with Gasteiger partial charge in [-0.3, -0.25) is 4.72 Å². The van der Waals surface area contributed by atoms with Gasteiger partial charge in [-0.2, -0.15) is 0 Å². The molecular weight excluding hydrogens is 374 g/mol. The molecule has 0 saturated heterocycles. The van der Waals surface area contributed by atoms with Crippen LogP contribution in [0.1, 0.15) is 50.5 Å². The van der Waals surface area contributed by atoms with Crippen LogP contribution in [0, 0.1) is 0 Å². The zero-order valence-corrected chi connectivity index (χ0v) is 17.1. The Kier molecular flexibility index (Phi) is 6.97. The molecule has 0 bridgehead atoms. The molecule has 0 heterocycles. The van der Waals surface area contributed by atoms with Crippen LogP contribution in [-0.4, -0.2) is 31.5 Å². The van der Waals surface area contributed by atoms with Crippen molar-refractivity contribution in [2.24, 2.45) is 0 Å². The van der Waals surface area contributed by atoms with Gasteiger partial charge in [0.1, 0.15) is 5.75 Å². The summed E-state index contributed by atoms with van der Waals surface area (Å²) in [5, 5.41) is 10.2. The minimum Gasteiger partial charge on any atom is -0.493 e. The first-order valence-electron chi connectivity index (χ1n) is 9.97. The van der Waals surface area contributed by atoms with Crippen LogP contribution < -0.4 is 9.46 Å². The first-order valence-corrected chi connectivity index (χ1v) is 11.5. The van der Waals surface area contributed by atoms with E-state index in [1.54, 1.807) is 6.07 Å². The molecule has 152 valence electrons. The van der Waals surface area contributed by atoms with E-state index in [0.717, 1.165) is 37.0 Å². The van der Waals surface area contributed by atoms with E-state index in [2.05, 4.69) is 4.72 Å². The Morgan fingerprint density at radius 2 is 1.82 bits per heavy atom. The first-order chi connectivity index (χ1) is 13.5. The highest BCUT2D eigenvalue weighted by Gasteiger charge is 2.29. The highest BCUT2D eigenvalue weighted by atomic mass is 32.2. The molecule has 2 aromatic carbocycles. The molecule has 0 radical (unpaired) electrons. The van der Waals surface area contributed by atoms with Crippen molar-refractivity contribution < 1.29 is 18.3 Å². The number of anilines is 1. The van der Waals surface area contributed by atoms with E-state index in [-0.39, 0.29) is 11.2 Å². The molecule has 0 aromatic heterocycles. The van der Waals surface area contributed by atoms with Crippen molar-refractivity contribution >= 4 is 15.7 Å². The van der Waals surface area contributed by atoms with Gasteiger partial charge in [0, 0.05) is 11.6 Å². The van der Waals surface area contributed by atoms with E-state index < -0.39 is 16.1 Å². The van der Waals surface area contributed by atoms with Crippen LogP contribution >= 0.6 is 0 Å². The number of benzene rings is 2. The summed E-state index contributed by atoms with van der Waals surface area (Å²) in [5.41, 5.74) is 1.40. The third kappa shape index (κ3) is 5.26. The standard InChI is InChI=1S/C22H29NO4S/c1-2-22(24)21(16-27-19-11-4-3-5-12-19)17-9-8-10-18(15-17)23-28(25,26)20-13-6-7-14-20/h3-5,8-12,15,20-24H,2,6-7,13-14,16H2,1H3. The molecule has 1 saturated carbocycles. The molecule has 0 aliphatic heterocycles. The lowest BCUT2D eigenvalue weighted by atomic mass is 9.92.